The Bertz CT molecular complexity index is 135. The maximum atomic E-state index is 10.4. The van der Waals surface area contributed by atoms with Gasteiger partial charge in [-0.15, -0.1) is 0 Å². The van der Waals surface area contributed by atoms with Crippen LogP contribution in [0.1, 0.15) is 13.3 Å². The van der Waals surface area contributed by atoms with Crippen LogP contribution >= 0.6 is 0 Å². The molecule has 0 bridgehead atoms. The van der Waals surface area contributed by atoms with Crippen LogP contribution in [0.25, 0.3) is 0 Å². The minimum absolute atomic E-state index is 0.242. The van der Waals surface area contributed by atoms with Gasteiger partial charge in [0.15, 0.2) is 0 Å². The average Bonchev–Trinajstić information content (AvgIpc) is 1.98. The van der Waals surface area contributed by atoms with E-state index in [1.165, 1.54) is 0 Å². The lowest BCUT2D eigenvalue weighted by Gasteiger charge is -1.99. The number of carbonyl (C=O) groups is 2. The van der Waals surface area contributed by atoms with Crippen molar-refractivity contribution in [1.82, 2.24) is 5.43 Å². The van der Waals surface area contributed by atoms with Gasteiger partial charge in [0.25, 0.3) is 0 Å². The summed E-state index contributed by atoms with van der Waals surface area (Å²) in [5.74, 6) is 2.78. The van der Waals surface area contributed by atoms with Gasteiger partial charge in [-0.3, -0.25) is 10.2 Å². The SMILES string of the molecule is CCCOC(=O)C(=O)NN. The Morgan fingerprint density at radius 3 is 2.60 bits per heavy atom. The predicted molar refractivity (Wildman–Crippen MR) is 33.6 cm³/mol. The van der Waals surface area contributed by atoms with E-state index in [9.17, 15) is 9.59 Å². The van der Waals surface area contributed by atoms with Crippen molar-refractivity contribution in [2.75, 3.05) is 6.61 Å². The van der Waals surface area contributed by atoms with Gasteiger partial charge in [-0.05, 0) is 6.42 Å². The molecule has 0 saturated carbocycles. The first kappa shape index (κ1) is 8.90. The third kappa shape index (κ3) is 3.03. The Morgan fingerprint density at radius 2 is 2.20 bits per heavy atom. The molecule has 0 unspecified atom stereocenters. The summed E-state index contributed by atoms with van der Waals surface area (Å²) >= 11 is 0. The van der Waals surface area contributed by atoms with Gasteiger partial charge in [-0.2, -0.15) is 0 Å². The van der Waals surface area contributed by atoms with Crippen LogP contribution in [0.5, 0.6) is 0 Å². The summed E-state index contributed by atoms with van der Waals surface area (Å²) < 4.78 is 4.41. The van der Waals surface area contributed by atoms with E-state index in [1.807, 2.05) is 6.92 Å². The van der Waals surface area contributed by atoms with E-state index in [-0.39, 0.29) is 6.61 Å². The molecule has 0 aliphatic carbocycles. The molecule has 0 rings (SSSR count). The fraction of sp³-hybridized carbons (Fsp3) is 0.600. The number of ether oxygens (including phenoxy) is 1. The molecule has 3 N–H and O–H groups in total. The van der Waals surface area contributed by atoms with E-state index in [4.69, 9.17) is 0 Å². The number of carbonyl (C=O) groups excluding carboxylic acids is 2. The maximum Gasteiger partial charge on any atom is 0.398 e. The number of hydrogen-bond acceptors (Lipinski definition) is 4. The molecule has 0 saturated heterocycles. The number of nitrogens with one attached hydrogen (secondary N) is 1. The smallest absolute Gasteiger partial charge is 0.398 e. The summed E-state index contributed by atoms with van der Waals surface area (Å²) in [6.07, 6.45) is 0.684. The third-order valence-corrected chi connectivity index (χ3v) is 0.754. The molecule has 0 aromatic rings. The molecule has 1 amide bonds. The molecule has 10 heavy (non-hydrogen) atoms. The number of nitrogens with two attached hydrogens (primary N) is 1. The zero-order valence-corrected chi connectivity index (χ0v) is 5.72. The normalized spacial score (nSPS) is 8.60. The van der Waals surface area contributed by atoms with Gasteiger partial charge in [0.2, 0.25) is 0 Å². The Hall–Kier alpha value is -1.10. The van der Waals surface area contributed by atoms with Crippen LogP contribution in [-0.4, -0.2) is 18.5 Å². The van der Waals surface area contributed by atoms with Crippen LogP contribution in [0.3, 0.4) is 0 Å². The minimum Gasteiger partial charge on any atom is -0.459 e. The van der Waals surface area contributed by atoms with E-state index < -0.39 is 11.9 Å². The molecule has 0 aromatic heterocycles. The summed E-state index contributed by atoms with van der Waals surface area (Å²) in [6, 6.07) is 0. The van der Waals surface area contributed by atoms with E-state index >= 15 is 0 Å². The molecule has 5 nitrogen and oxygen atoms in total. The van der Waals surface area contributed by atoms with Gasteiger partial charge in [0, 0.05) is 0 Å². The molecular weight excluding hydrogens is 136 g/mol. The quantitative estimate of drug-likeness (QED) is 0.171. The van der Waals surface area contributed by atoms with Crippen molar-refractivity contribution in [3.05, 3.63) is 0 Å². The van der Waals surface area contributed by atoms with E-state index in [2.05, 4.69) is 10.6 Å². The van der Waals surface area contributed by atoms with Gasteiger partial charge >= 0.3 is 11.9 Å². The van der Waals surface area contributed by atoms with Crippen LogP contribution in [0.2, 0.25) is 0 Å². The minimum atomic E-state index is -0.940. The second kappa shape index (κ2) is 4.75. The van der Waals surface area contributed by atoms with Crippen LogP contribution in [0.4, 0.5) is 0 Å². The molecule has 0 heterocycles. The van der Waals surface area contributed by atoms with Crippen molar-refractivity contribution in [1.29, 1.82) is 0 Å². The summed E-state index contributed by atoms with van der Waals surface area (Å²) in [5.41, 5.74) is 1.66. The molecule has 0 aromatic carbocycles. The first-order valence-electron chi connectivity index (χ1n) is 2.90. The van der Waals surface area contributed by atoms with Crippen LogP contribution in [0.15, 0.2) is 0 Å². The third-order valence-electron chi connectivity index (χ3n) is 0.754. The highest BCUT2D eigenvalue weighted by atomic mass is 16.5. The van der Waals surface area contributed by atoms with E-state index in [0.29, 0.717) is 6.42 Å². The Labute approximate surface area is 58.5 Å². The monoisotopic (exact) mass is 146 g/mol. The lowest BCUT2D eigenvalue weighted by atomic mass is 10.5. The van der Waals surface area contributed by atoms with Crippen LogP contribution in [0, 0.1) is 0 Å². The fourth-order valence-corrected chi connectivity index (χ4v) is 0.319. The number of hydrazine groups is 1. The van der Waals surface area contributed by atoms with Gasteiger partial charge in [-0.1, -0.05) is 6.92 Å². The summed E-state index contributed by atoms with van der Waals surface area (Å²) in [6.45, 7) is 2.07. The maximum absolute atomic E-state index is 10.4. The Kier molecular flexibility index (Phi) is 4.23. The highest BCUT2D eigenvalue weighted by Gasteiger charge is 2.11. The second-order valence-electron chi connectivity index (χ2n) is 1.61. The van der Waals surface area contributed by atoms with Gasteiger partial charge < -0.3 is 4.74 Å². The van der Waals surface area contributed by atoms with Crippen LogP contribution < -0.4 is 11.3 Å². The molecule has 0 spiro atoms. The van der Waals surface area contributed by atoms with Crippen molar-refractivity contribution < 1.29 is 14.3 Å². The molecule has 0 aliphatic rings. The first-order chi connectivity index (χ1) is 4.72. The van der Waals surface area contributed by atoms with Crippen molar-refractivity contribution in [2.45, 2.75) is 13.3 Å². The molecule has 5 heteroatoms. The number of esters is 1. The molecule has 0 radical (unpaired) electrons. The van der Waals surface area contributed by atoms with Crippen LogP contribution in [-0.2, 0) is 14.3 Å². The number of rotatable bonds is 2. The second-order valence-corrected chi connectivity index (χ2v) is 1.61. The molecule has 0 aliphatic heterocycles. The van der Waals surface area contributed by atoms with Crippen molar-refractivity contribution >= 4 is 11.9 Å². The van der Waals surface area contributed by atoms with Gasteiger partial charge in [-0.25, -0.2) is 10.6 Å². The Balaban J connectivity index is 3.52. The number of amides is 1. The van der Waals surface area contributed by atoms with E-state index in [1.54, 1.807) is 5.43 Å². The summed E-state index contributed by atoms with van der Waals surface area (Å²) in [7, 11) is 0. The average molecular weight is 146 g/mol. The summed E-state index contributed by atoms with van der Waals surface area (Å²) in [5, 5.41) is 0. The largest absolute Gasteiger partial charge is 0.459 e. The highest BCUT2D eigenvalue weighted by molar-refractivity contribution is 6.32. The highest BCUT2D eigenvalue weighted by Crippen LogP contribution is 1.81. The van der Waals surface area contributed by atoms with Crippen molar-refractivity contribution in [3.8, 4) is 0 Å². The van der Waals surface area contributed by atoms with Gasteiger partial charge in [0.1, 0.15) is 0 Å². The first-order valence-corrected chi connectivity index (χ1v) is 2.90. The standard InChI is InChI=1S/C5H10N2O3/c1-2-3-10-5(9)4(8)7-6/h2-3,6H2,1H3,(H,7,8). The summed E-state index contributed by atoms with van der Waals surface area (Å²) in [4.78, 5) is 20.7. The molecule has 58 valence electrons. The molecule has 0 atom stereocenters. The number of hydrogen-bond donors (Lipinski definition) is 2. The lowest BCUT2D eigenvalue weighted by Crippen LogP contribution is -2.37. The Morgan fingerprint density at radius 1 is 1.60 bits per heavy atom. The zero-order chi connectivity index (χ0) is 7.98. The van der Waals surface area contributed by atoms with Crippen molar-refractivity contribution in [2.24, 2.45) is 5.84 Å². The van der Waals surface area contributed by atoms with Crippen molar-refractivity contribution in [3.63, 3.8) is 0 Å². The predicted octanol–water partition coefficient (Wildman–Crippen LogP) is -1.07. The molecular formula is C5H10N2O3. The fourth-order valence-electron chi connectivity index (χ4n) is 0.319. The lowest BCUT2D eigenvalue weighted by molar-refractivity contribution is -0.154. The zero-order valence-electron chi connectivity index (χ0n) is 5.72. The topological polar surface area (TPSA) is 81.4 Å². The van der Waals surface area contributed by atoms with Gasteiger partial charge in [0.05, 0.1) is 6.61 Å². The van der Waals surface area contributed by atoms with E-state index in [0.717, 1.165) is 0 Å². The molecule has 0 fully saturated rings.